The zero-order valence-corrected chi connectivity index (χ0v) is 32.1. The van der Waals surface area contributed by atoms with Gasteiger partial charge >= 0.3 is 0 Å². The van der Waals surface area contributed by atoms with Crippen LogP contribution in [0.5, 0.6) is 0 Å². The van der Waals surface area contributed by atoms with Crippen molar-refractivity contribution in [3.63, 3.8) is 0 Å². The van der Waals surface area contributed by atoms with E-state index < -0.39 is 5.67 Å². The molecule has 0 amide bonds. The number of allylic oxidation sites excluding steroid dienone is 4. The van der Waals surface area contributed by atoms with E-state index in [0.29, 0.717) is 17.8 Å². The highest BCUT2D eigenvalue weighted by Gasteiger charge is 2.51. The van der Waals surface area contributed by atoms with Gasteiger partial charge < -0.3 is 0 Å². The molecule has 1 heteroatoms. The lowest BCUT2D eigenvalue weighted by Gasteiger charge is -2.45. The van der Waals surface area contributed by atoms with E-state index in [-0.39, 0.29) is 5.41 Å². The van der Waals surface area contributed by atoms with Crippen LogP contribution in [-0.4, -0.2) is 5.67 Å². The first-order chi connectivity index (χ1) is 19.4. The average molecular weight is 593 g/mol. The Kier molecular flexibility index (Phi) is 22.8. The molecular weight excluding hydrogens is 511 g/mol. The Balaban J connectivity index is 0. The number of halogens is 1. The van der Waals surface area contributed by atoms with Crippen LogP contribution >= 0.6 is 0 Å². The molecule has 42 heavy (non-hydrogen) atoms. The summed E-state index contributed by atoms with van der Waals surface area (Å²) in [5, 5.41) is 0. The summed E-state index contributed by atoms with van der Waals surface area (Å²) in [6.07, 6.45) is 21.5. The number of hydrogen-bond acceptors (Lipinski definition) is 0. The quantitative estimate of drug-likeness (QED) is 0.298. The number of fused-ring (bicyclic) bond motifs is 1. The second-order valence-electron chi connectivity index (χ2n) is 16.4. The van der Waals surface area contributed by atoms with Crippen LogP contribution in [0.1, 0.15) is 194 Å². The summed E-state index contributed by atoms with van der Waals surface area (Å²) >= 11 is 0. The zero-order chi connectivity index (χ0) is 33.1. The Morgan fingerprint density at radius 2 is 1.26 bits per heavy atom. The van der Waals surface area contributed by atoms with Gasteiger partial charge in [0.2, 0.25) is 0 Å². The normalized spacial score (nSPS) is 26.6. The van der Waals surface area contributed by atoms with Crippen molar-refractivity contribution in [1.29, 1.82) is 0 Å². The fourth-order valence-electron chi connectivity index (χ4n) is 6.69. The third-order valence-corrected chi connectivity index (χ3v) is 9.39. The van der Waals surface area contributed by atoms with Crippen LogP contribution in [0.4, 0.5) is 4.39 Å². The molecule has 3 fully saturated rings. The monoisotopic (exact) mass is 593 g/mol. The van der Waals surface area contributed by atoms with Crippen molar-refractivity contribution < 1.29 is 4.39 Å². The molecule has 3 aliphatic rings. The molecule has 0 N–H and O–H groups in total. The highest BCUT2D eigenvalue weighted by atomic mass is 19.1. The first-order valence-electron chi connectivity index (χ1n) is 18.5. The molecule has 0 spiro atoms. The molecule has 252 valence electrons. The smallest absolute Gasteiger partial charge is 0.113 e. The van der Waals surface area contributed by atoms with Gasteiger partial charge in [0.1, 0.15) is 5.67 Å². The predicted octanol–water partition coefficient (Wildman–Crippen LogP) is 15.0. The molecule has 0 aromatic heterocycles. The summed E-state index contributed by atoms with van der Waals surface area (Å²) in [7, 11) is 0. The fraction of sp³-hybridized carbons (Fsp3) is 0.902. The average Bonchev–Trinajstić information content (AvgIpc) is 3.24. The van der Waals surface area contributed by atoms with Gasteiger partial charge in [0.15, 0.2) is 0 Å². The Bertz CT molecular complexity index is 696. The molecule has 5 unspecified atom stereocenters. The zero-order valence-electron chi connectivity index (χ0n) is 32.1. The predicted molar refractivity (Wildman–Crippen MR) is 193 cm³/mol. The molecule has 3 rings (SSSR count). The van der Waals surface area contributed by atoms with E-state index in [2.05, 4.69) is 81.4 Å². The summed E-state index contributed by atoms with van der Waals surface area (Å²) in [4.78, 5) is 0. The maximum atomic E-state index is 15.2. The highest BCUT2D eigenvalue weighted by Crippen LogP contribution is 2.60. The number of rotatable bonds is 5. The van der Waals surface area contributed by atoms with Crippen molar-refractivity contribution >= 4 is 0 Å². The SMILES string of the molecule is CC.CC(C)C.CC(C)C.CC(CCC(C)(F)C(C)(C)C)C1CCC2/C(=C/C=C3CCCCC3)CCCC21C.CCC. The first kappa shape index (κ1) is 43.5. The van der Waals surface area contributed by atoms with E-state index in [1.54, 1.807) is 11.1 Å². The van der Waals surface area contributed by atoms with Gasteiger partial charge in [-0.1, -0.05) is 140 Å². The third kappa shape index (κ3) is 16.5. The van der Waals surface area contributed by atoms with Gasteiger partial charge in [-0.15, -0.1) is 0 Å². The van der Waals surface area contributed by atoms with Gasteiger partial charge in [0.25, 0.3) is 0 Å². The lowest BCUT2D eigenvalue weighted by atomic mass is 9.60. The van der Waals surface area contributed by atoms with Crippen LogP contribution in [0.15, 0.2) is 23.3 Å². The van der Waals surface area contributed by atoms with Crippen molar-refractivity contribution in [2.45, 2.75) is 200 Å². The minimum Gasteiger partial charge on any atom is -0.244 e. The maximum absolute atomic E-state index is 15.2. The van der Waals surface area contributed by atoms with Gasteiger partial charge in [0.05, 0.1) is 0 Å². The van der Waals surface area contributed by atoms with Crippen molar-refractivity contribution in [3.8, 4) is 0 Å². The lowest BCUT2D eigenvalue weighted by Crippen LogP contribution is -2.38. The molecule has 0 aromatic rings. The van der Waals surface area contributed by atoms with E-state index in [9.17, 15) is 0 Å². The molecule has 0 heterocycles. The van der Waals surface area contributed by atoms with Gasteiger partial charge in [-0.25, -0.2) is 4.39 Å². The first-order valence-corrected chi connectivity index (χ1v) is 18.5. The summed E-state index contributed by atoms with van der Waals surface area (Å²) in [5.41, 5.74) is 2.50. The Morgan fingerprint density at radius 3 is 1.71 bits per heavy atom. The van der Waals surface area contributed by atoms with Crippen LogP contribution < -0.4 is 0 Å². The van der Waals surface area contributed by atoms with Crippen molar-refractivity contribution in [1.82, 2.24) is 0 Å². The van der Waals surface area contributed by atoms with Gasteiger partial charge in [0, 0.05) is 0 Å². The maximum Gasteiger partial charge on any atom is 0.113 e. The molecule has 0 bridgehead atoms. The standard InChI is InChI=1S/C28H47F.2C4H10.C3H8.C2H6/c1-21(18-20-28(6,29)26(2,3)4)24-16-17-25-23(13-10-19-27(24,25)5)15-14-22-11-8-7-9-12-22;2*1-4(2)3;1-3-2;1-2/h14-15,21,24-25H,7-13,16-20H2,1-6H3;2*4H,1-3H3;3H2,1-2H3;1-2H3/b23-15+;;;;. The van der Waals surface area contributed by atoms with Gasteiger partial charge in [-0.3, -0.25) is 0 Å². The molecule has 3 saturated carbocycles. The second-order valence-corrected chi connectivity index (χ2v) is 16.4. The largest absolute Gasteiger partial charge is 0.244 e. The number of hydrogen-bond donors (Lipinski definition) is 0. The number of alkyl halides is 1. The molecule has 3 aliphatic carbocycles. The molecule has 0 saturated heterocycles. The Hall–Kier alpha value is -0.590. The van der Waals surface area contributed by atoms with Crippen molar-refractivity contribution in [3.05, 3.63) is 23.3 Å². The summed E-state index contributed by atoms with van der Waals surface area (Å²) < 4.78 is 15.2. The van der Waals surface area contributed by atoms with Crippen LogP contribution in [0.2, 0.25) is 0 Å². The minimum atomic E-state index is -1.08. The lowest BCUT2D eigenvalue weighted by molar-refractivity contribution is 0.0228. The van der Waals surface area contributed by atoms with E-state index in [0.717, 1.165) is 30.1 Å². The fourth-order valence-corrected chi connectivity index (χ4v) is 6.69. The third-order valence-electron chi connectivity index (χ3n) is 9.39. The Morgan fingerprint density at radius 1 is 0.786 bits per heavy atom. The van der Waals surface area contributed by atoms with Crippen LogP contribution in [-0.2, 0) is 0 Å². The van der Waals surface area contributed by atoms with E-state index in [1.165, 1.54) is 70.6 Å². The summed E-state index contributed by atoms with van der Waals surface area (Å²) in [5.74, 6) is 3.82. The van der Waals surface area contributed by atoms with Gasteiger partial charge in [-0.2, -0.15) is 0 Å². The van der Waals surface area contributed by atoms with E-state index >= 15 is 4.39 Å². The van der Waals surface area contributed by atoms with Gasteiger partial charge in [-0.05, 0) is 118 Å². The van der Waals surface area contributed by atoms with E-state index in [4.69, 9.17) is 0 Å². The molecule has 0 radical (unpaired) electrons. The van der Waals surface area contributed by atoms with Crippen molar-refractivity contribution in [2.75, 3.05) is 0 Å². The molecule has 5 atom stereocenters. The second kappa shape index (κ2) is 22.0. The molecule has 0 nitrogen and oxygen atoms in total. The molecule has 0 aliphatic heterocycles. The molecule has 0 aromatic carbocycles. The Labute approximate surface area is 267 Å². The topological polar surface area (TPSA) is 0 Å². The minimum absolute atomic E-state index is 0.276. The van der Waals surface area contributed by atoms with Crippen LogP contribution in [0, 0.1) is 40.4 Å². The summed E-state index contributed by atoms with van der Waals surface area (Å²) in [6.45, 7) is 34.2. The molecular formula is C41H81F. The summed E-state index contributed by atoms with van der Waals surface area (Å²) in [6, 6.07) is 0. The van der Waals surface area contributed by atoms with Crippen molar-refractivity contribution in [2.24, 2.45) is 40.4 Å². The highest BCUT2D eigenvalue weighted by molar-refractivity contribution is 5.25. The van der Waals surface area contributed by atoms with Crippen LogP contribution in [0.3, 0.4) is 0 Å². The van der Waals surface area contributed by atoms with Crippen LogP contribution in [0.25, 0.3) is 0 Å². The van der Waals surface area contributed by atoms with E-state index in [1.807, 2.05) is 41.5 Å².